The number of unbranched alkanes of at least 4 members (excludes halogenated alkanes) is 27. The molecule has 0 aliphatic rings. The first-order valence-corrected chi connectivity index (χ1v) is 24.5. The van der Waals surface area contributed by atoms with Crippen LogP contribution in [0.3, 0.4) is 0 Å². The lowest BCUT2D eigenvalue weighted by atomic mass is 10.1. The molecule has 0 heterocycles. The van der Waals surface area contributed by atoms with Crippen LogP contribution in [0.15, 0.2) is 36.5 Å². The Hall–Kier alpha value is -2.37. The molecule has 0 fully saturated rings. The highest BCUT2D eigenvalue weighted by Gasteiger charge is 2.19. The van der Waals surface area contributed by atoms with E-state index in [1.165, 1.54) is 122 Å². The molecule has 0 aromatic heterocycles. The fraction of sp³-hybridized carbons (Fsp3) is 0.824. The number of hydrogen-bond donors (Lipinski definition) is 0. The van der Waals surface area contributed by atoms with Crippen LogP contribution in [-0.2, 0) is 28.6 Å². The number of ether oxygens (including phenoxy) is 3. The van der Waals surface area contributed by atoms with Gasteiger partial charge in [0, 0.05) is 19.3 Å². The van der Waals surface area contributed by atoms with E-state index < -0.39 is 6.10 Å². The Labute approximate surface area is 353 Å². The van der Waals surface area contributed by atoms with Crippen LogP contribution in [0, 0.1) is 0 Å². The van der Waals surface area contributed by atoms with Gasteiger partial charge in [0.1, 0.15) is 13.2 Å². The minimum Gasteiger partial charge on any atom is -0.462 e. The SMILES string of the molecule is CCCC/C=C\C/C=C\CCCCCCCC(=O)OCC(COC(=O)CCCCCCCCCCCCC)OC(=O)CCCCCCC/C=C\CCCCCCC. The summed E-state index contributed by atoms with van der Waals surface area (Å²) in [5.74, 6) is -0.896. The van der Waals surface area contributed by atoms with Gasteiger partial charge in [0.15, 0.2) is 6.10 Å². The van der Waals surface area contributed by atoms with Crippen molar-refractivity contribution in [3.63, 3.8) is 0 Å². The van der Waals surface area contributed by atoms with Crippen molar-refractivity contribution in [2.75, 3.05) is 13.2 Å². The van der Waals surface area contributed by atoms with Gasteiger partial charge in [-0.3, -0.25) is 14.4 Å². The Morgan fingerprint density at radius 1 is 0.351 bits per heavy atom. The second-order valence-electron chi connectivity index (χ2n) is 16.4. The molecule has 0 aliphatic carbocycles. The zero-order valence-corrected chi connectivity index (χ0v) is 37.9. The maximum atomic E-state index is 12.7. The van der Waals surface area contributed by atoms with Crippen LogP contribution >= 0.6 is 0 Å². The molecule has 0 radical (unpaired) electrons. The van der Waals surface area contributed by atoms with Crippen molar-refractivity contribution in [2.24, 2.45) is 0 Å². The third-order valence-corrected chi connectivity index (χ3v) is 10.6. The van der Waals surface area contributed by atoms with Gasteiger partial charge in [-0.1, -0.05) is 198 Å². The molecule has 0 saturated heterocycles. The van der Waals surface area contributed by atoms with Crippen LogP contribution in [0.4, 0.5) is 0 Å². The topological polar surface area (TPSA) is 78.9 Å². The van der Waals surface area contributed by atoms with Crippen molar-refractivity contribution in [1.29, 1.82) is 0 Å². The van der Waals surface area contributed by atoms with E-state index in [0.29, 0.717) is 19.3 Å². The molecule has 0 aromatic rings. The molecule has 0 aliphatic heterocycles. The lowest BCUT2D eigenvalue weighted by molar-refractivity contribution is -0.167. The predicted molar refractivity (Wildman–Crippen MR) is 242 cm³/mol. The summed E-state index contributed by atoms with van der Waals surface area (Å²) in [6.07, 6.45) is 52.6. The number of esters is 3. The maximum Gasteiger partial charge on any atom is 0.306 e. The Kier molecular flexibility index (Phi) is 44.4. The molecule has 6 heteroatoms. The van der Waals surface area contributed by atoms with Gasteiger partial charge in [-0.2, -0.15) is 0 Å². The van der Waals surface area contributed by atoms with Gasteiger partial charge in [0.2, 0.25) is 0 Å². The molecule has 6 nitrogen and oxygen atoms in total. The van der Waals surface area contributed by atoms with Crippen LogP contribution in [0.5, 0.6) is 0 Å². The highest BCUT2D eigenvalue weighted by molar-refractivity contribution is 5.71. The van der Waals surface area contributed by atoms with Gasteiger partial charge >= 0.3 is 17.9 Å². The predicted octanol–water partition coefficient (Wildman–Crippen LogP) is 15.8. The molecule has 1 unspecified atom stereocenters. The minimum absolute atomic E-state index is 0.0776. The van der Waals surface area contributed by atoms with Crippen LogP contribution in [0.25, 0.3) is 0 Å². The average Bonchev–Trinajstić information content (AvgIpc) is 3.21. The lowest BCUT2D eigenvalue weighted by Gasteiger charge is -2.18. The number of carbonyl (C=O) groups is 3. The fourth-order valence-electron chi connectivity index (χ4n) is 6.86. The van der Waals surface area contributed by atoms with Crippen molar-refractivity contribution in [3.8, 4) is 0 Å². The quantitative estimate of drug-likeness (QED) is 0.0264. The lowest BCUT2D eigenvalue weighted by Crippen LogP contribution is -2.30. The first-order chi connectivity index (χ1) is 28.0. The fourth-order valence-corrected chi connectivity index (χ4v) is 6.86. The van der Waals surface area contributed by atoms with Crippen molar-refractivity contribution in [3.05, 3.63) is 36.5 Å². The molecular weight excluding hydrogens is 709 g/mol. The second-order valence-corrected chi connectivity index (χ2v) is 16.4. The Morgan fingerprint density at radius 3 is 1.04 bits per heavy atom. The van der Waals surface area contributed by atoms with Gasteiger partial charge in [-0.15, -0.1) is 0 Å². The first kappa shape index (κ1) is 54.6. The standard InChI is InChI=1S/C51H92O6/c1-4-7-10-13-16-19-22-24-26-29-32-35-38-41-44-50(53)56-47-48(46-55-49(52)43-40-37-34-31-28-21-18-15-12-9-6-3)57-51(54)45-42-39-36-33-30-27-25-23-20-17-14-11-8-5-2/h13,16,22-25,48H,4-12,14-15,17-21,26-47H2,1-3H3/b16-13-,24-22-,25-23-. The van der Waals surface area contributed by atoms with Crippen molar-refractivity contribution < 1.29 is 28.6 Å². The van der Waals surface area contributed by atoms with E-state index in [9.17, 15) is 14.4 Å². The molecule has 0 spiro atoms. The van der Waals surface area contributed by atoms with Crippen LogP contribution < -0.4 is 0 Å². The first-order valence-electron chi connectivity index (χ1n) is 24.5. The van der Waals surface area contributed by atoms with Crippen LogP contribution in [0.2, 0.25) is 0 Å². The summed E-state index contributed by atoms with van der Waals surface area (Å²) in [6.45, 7) is 6.57. The molecule has 1 atom stereocenters. The number of rotatable bonds is 44. The number of hydrogen-bond acceptors (Lipinski definition) is 6. The minimum atomic E-state index is -0.777. The van der Waals surface area contributed by atoms with E-state index in [0.717, 1.165) is 89.9 Å². The number of allylic oxidation sites excluding steroid dienone is 6. The summed E-state index contributed by atoms with van der Waals surface area (Å²) in [7, 11) is 0. The summed E-state index contributed by atoms with van der Waals surface area (Å²) in [5.41, 5.74) is 0. The van der Waals surface area contributed by atoms with E-state index >= 15 is 0 Å². The zero-order valence-electron chi connectivity index (χ0n) is 37.9. The van der Waals surface area contributed by atoms with Crippen LogP contribution in [-0.4, -0.2) is 37.2 Å². The highest BCUT2D eigenvalue weighted by Crippen LogP contribution is 2.14. The maximum absolute atomic E-state index is 12.7. The van der Waals surface area contributed by atoms with Crippen molar-refractivity contribution in [2.45, 2.75) is 258 Å². The third-order valence-electron chi connectivity index (χ3n) is 10.6. The third kappa shape index (κ3) is 44.6. The van der Waals surface area contributed by atoms with E-state index in [1.807, 2.05) is 0 Å². The summed E-state index contributed by atoms with van der Waals surface area (Å²) >= 11 is 0. The second kappa shape index (κ2) is 46.3. The summed E-state index contributed by atoms with van der Waals surface area (Å²) in [6, 6.07) is 0. The smallest absolute Gasteiger partial charge is 0.306 e. The molecule has 57 heavy (non-hydrogen) atoms. The van der Waals surface area contributed by atoms with Gasteiger partial charge in [-0.25, -0.2) is 0 Å². The van der Waals surface area contributed by atoms with Gasteiger partial charge in [0.05, 0.1) is 0 Å². The van der Waals surface area contributed by atoms with Gasteiger partial charge < -0.3 is 14.2 Å². The van der Waals surface area contributed by atoms with Crippen molar-refractivity contribution in [1.82, 2.24) is 0 Å². The average molecular weight is 801 g/mol. The molecule has 0 bridgehead atoms. The largest absolute Gasteiger partial charge is 0.462 e. The molecule has 332 valence electrons. The van der Waals surface area contributed by atoms with Gasteiger partial charge in [0.25, 0.3) is 0 Å². The van der Waals surface area contributed by atoms with Crippen molar-refractivity contribution >= 4 is 17.9 Å². The highest BCUT2D eigenvalue weighted by atomic mass is 16.6. The molecule has 0 amide bonds. The Bertz CT molecular complexity index is 969. The Balaban J connectivity index is 4.39. The van der Waals surface area contributed by atoms with E-state index in [-0.39, 0.29) is 31.1 Å². The molecular formula is C51H92O6. The van der Waals surface area contributed by atoms with E-state index in [1.54, 1.807) is 0 Å². The monoisotopic (exact) mass is 801 g/mol. The molecule has 0 N–H and O–H groups in total. The van der Waals surface area contributed by atoms with Crippen LogP contribution in [0.1, 0.15) is 252 Å². The summed E-state index contributed by atoms with van der Waals surface area (Å²) in [5, 5.41) is 0. The summed E-state index contributed by atoms with van der Waals surface area (Å²) in [4.78, 5) is 37.8. The normalized spacial score (nSPS) is 12.3. The summed E-state index contributed by atoms with van der Waals surface area (Å²) < 4.78 is 16.7. The van der Waals surface area contributed by atoms with Gasteiger partial charge in [-0.05, 0) is 70.6 Å². The molecule has 0 rings (SSSR count). The molecule has 0 aromatic carbocycles. The van der Waals surface area contributed by atoms with E-state index in [2.05, 4.69) is 57.2 Å². The Morgan fingerprint density at radius 2 is 0.649 bits per heavy atom. The van der Waals surface area contributed by atoms with E-state index in [4.69, 9.17) is 14.2 Å². The molecule has 0 saturated carbocycles. The number of carbonyl (C=O) groups excluding carboxylic acids is 3. The zero-order chi connectivity index (χ0) is 41.5.